The highest BCUT2D eigenvalue weighted by Gasteiger charge is 2.12. The topological polar surface area (TPSA) is 39.1 Å². The summed E-state index contributed by atoms with van der Waals surface area (Å²) in [4.78, 5) is 0. The molecule has 0 radical (unpaired) electrons. The second-order valence-corrected chi connectivity index (χ2v) is 4.90. The summed E-state index contributed by atoms with van der Waals surface area (Å²) in [5, 5.41) is 7.53. The minimum atomic E-state index is -0.547. The molecule has 2 aromatic rings. The molecule has 114 valence electrons. The van der Waals surface area contributed by atoms with E-state index in [0.717, 1.165) is 23.2 Å². The molecular formula is C15H19F2N3O. The molecule has 1 heterocycles. The van der Waals surface area contributed by atoms with Crippen LogP contribution in [0.1, 0.15) is 16.8 Å². The van der Waals surface area contributed by atoms with Crippen molar-refractivity contribution in [3.8, 4) is 5.88 Å². The Kier molecular flexibility index (Phi) is 4.90. The quantitative estimate of drug-likeness (QED) is 0.832. The van der Waals surface area contributed by atoms with Gasteiger partial charge in [0.1, 0.15) is 11.6 Å². The zero-order valence-electron chi connectivity index (χ0n) is 12.4. The maximum Gasteiger partial charge on any atom is 0.216 e. The van der Waals surface area contributed by atoms with Crippen LogP contribution >= 0.6 is 0 Å². The van der Waals surface area contributed by atoms with Gasteiger partial charge in [-0.25, -0.2) is 13.5 Å². The van der Waals surface area contributed by atoms with Gasteiger partial charge in [0, 0.05) is 19.7 Å². The van der Waals surface area contributed by atoms with Gasteiger partial charge in [0.05, 0.1) is 18.4 Å². The van der Waals surface area contributed by atoms with Crippen molar-refractivity contribution < 1.29 is 13.5 Å². The van der Waals surface area contributed by atoms with Crippen LogP contribution < -0.4 is 10.1 Å². The first-order valence-electron chi connectivity index (χ1n) is 6.73. The van der Waals surface area contributed by atoms with Gasteiger partial charge in [-0.1, -0.05) is 0 Å². The molecule has 0 amide bonds. The average Bonchev–Trinajstić information content (AvgIpc) is 2.67. The van der Waals surface area contributed by atoms with Crippen LogP contribution in [0.3, 0.4) is 0 Å². The first-order chi connectivity index (χ1) is 10.0. The third-order valence-corrected chi connectivity index (χ3v) is 3.30. The van der Waals surface area contributed by atoms with Crippen LogP contribution in [0.5, 0.6) is 5.88 Å². The lowest BCUT2D eigenvalue weighted by Crippen LogP contribution is -2.17. The number of hydrogen-bond acceptors (Lipinski definition) is 3. The zero-order valence-corrected chi connectivity index (χ0v) is 12.4. The number of nitrogens with zero attached hydrogens (tertiary/aromatic N) is 2. The standard InChI is InChI=1S/C15H19F2N3O/c1-10-14(15(21-3)20(2)19-10)9-18-5-4-11-6-12(16)8-13(17)7-11/h6-8,18H,4-5,9H2,1-3H3. The lowest BCUT2D eigenvalue weighted by Gasteiger charge is -2.07. The lowest BCUT2D eigenvalue weighted by molar-refractivity contribution is 0.368. The molecule has 0 unspecified atom stereocenters. The molecule has 1 aromatic carbocycles. The normalized spacial score (nSPS) is 10.9. The summed E-state index contributed by atoms with van der Waals surface area (Å²) in [6.07, 6.45) is 0.552. The van der Waals surface area contributed by atoms with E-state index >= 15 is 0 Å². The van der Waals surface area contributed by atoms with Crippen molar-refractivity contribution in [2.45, 2.75) is 19.9 Å². The van der Waals surface area contributed by atoms with Gasteiger partial charge in [-0.3, -0.25) is 0 Å². The molecule has 0 bridgehead atoms. The largest absolute Gasteiger partial charge is 0.481 e. The van der Waals surface area contributed by atoms with E-state index in [2.05, 4.69) is 10.4 Å². The Labute approximate surface area is 122 Å². The van der Waals surface area contributed by atoms with E-state index < -0.39 is 11.6 Å². The summed E-state index contributed by atoms with van der Waals surface area (Å²) >= 11 is 0. The van der Waals surface area contributed by atoms with Crippen LogP contribution in [-0.4, -0.2) is 23.4 Å². The summed E-state index contributed by atoms with van der Waals surface area (Å²) in [6, 6.07) is 3.57. The molecule has 6 heteroatoms. The van der Waals surface area contributed by atoms with Crippen molar-refractivity contribution in [3.05, 3.63) is 46.7 Å². The van der Waals surface area contributed by atoms with Crippen LogP contribution in [0.2, 0.25) is 0 Å². The van der Waals surface area contributed by atoms with Crippen molar-refractivity contribution in [1.82, 2.24) is 15.1 Å². The van der Waals surface area contributed by atoms with Gasteiger partial charge in [0.25, 0.3) is 0 Å². The number of nitrogens with one attached hydrogen (secondary N) is 1. The SMILES string of the molecule is COc1c(CNCCc2cc(F)cc(F)c2)c(C)nn1C. The zero-order chi connectivity index (χ0) is 15.4. The summed E-state index contributed by atoms with van der Waals surface area (Å²) in [6.45, 7) is 3.13. The number of methoxy groups -OCH3 is 1. The van der Waals surface area contributed by atoms with Crippen LogP contribution in [0.15, 0.2) is 18.2 Å². The molecule has 0 fully saturated rings. The predicted molar refractivity (Wildman–Crippen MR) is 76.3 cm³/mol. The molecule has 4 nitrogen and oxygen atoms in total. The number of halogens is 2. The Hall–Kier alpha value is -1.95. The smallest absolute Gasteiger partial charge is 0.216 e. The average molecular weight is 295 g/mol. The third-order valence-electron chi connectivity index (χ3n) is 3.30. The molecule has 1 N–H and O–H groups in total. The van der Waals surface area contributed by atoms with Gasteiger partial charge in [0.2, 0.25) is 5.88 Å². The lowest BCUT2D eigenvalue weighted by atomic mass is 10.1. The number of aryl methyl sites for hydroxylation is 2. The summed E-state index contributed by atoms with van der Waals surface area (Å²) < 4.78 is 33.1. The van der Waals surface area contributed by atoms with E-state index in [-0.39, 0.29) is 0 Å². The maximum atomic E-state index is 13.1. The van der Waals surface area contributed by atoms with Crippen molar-refractivity contribution in [1.29, 1.82) is 0 Å². The summed E-state index contributed by atoms with van der Waals surface area (Å²) in [5.74, 6) is -0.374. The highest BCUT2D eigenvalue weighted by molar-refractivity contribution is 5.30. The van der Waals surface area contributed by atoms with Gasteiger partial charge in [0.15, 0.2) is 0 Å². The Morgan fingerprint density at radius 3 is 2.52 bits per heavy atom. The van der Waals surface area contributed by atoms with E-state index in [4.69, 9.17) is 4.74 Å². The van der Waals surface area contributed by atoms with Crippen molar-refractivity contribution in [3.63, 3.8) is 0 Å². The molecule has 0 aliphatic rings. The number of rotatable bonds is 6. The van der Waals surface area contributed by atoms with Crippen molar-refractivity contribution in [2.75, 3.05) is 13.7 Å². The Morgan fingerprint density at radius 2 is 1.90 bits per heavy atom. The molecular weight excluding hydrogens is 276 g/mol. The fourth-order valence-corrected chi connectivity index (χ4v) is 2.34. The monoisotopic (exact) mass is 295 g/mol. The van der Waals surface area contributed by atoms with Crippen molar-refractivity contribution >= 4 is 0 Å². The second-order valence-electron chi connectivity index (χ2n) is 4.90. The van der Waals surface area contributed by atoms with Gasteiger partial charge >= 0.3 is 0 Å². The molecule has 0 aliphatic carbocycles. The summed E-state index contributed by atoms with van der Waals surface area (Å²) in [5.41, 5.74) is 2.53. The van der Waals surface area contributed by atoms with E-state index in [1.807, 2.05) is 14.0 Å². The van der Waals surface area contributed by atoms with E-state index in [9.17, 15) is 8.78 Å². The number of benzene rings is 1. The maximum absolute atomic E-state index is 13.1. The second kappa shape index (κ2) is 6.67. The molecule has 2 rings (SSSR count). The molecule has 0 spiro atoms. The van der Waals surface area contributed by atoms with E-state index in [0.29, 0.717) is 25.1 Å². The number of ether oxygens (including phenoxy) is 1. The Balaban J connectivity index is 1.90. The highest BCUT2D eigenvalue weighted by atomic mass is 19.1. The van der Waals surface area contributed by atoms with Gasteiger partial charge in [-0.05, 0) is 37.6 Å². The minimum Gasteiger partial charge on any atom is -0.481 e. The molecule has 0 saturated heterocycles. The molecule has 0 aliphatic heterocycles. The fourth-order valence-electron chi connectivity index (χ4n) is 2.34. The van der Waals surface area contributed by atoms with Gasteiger partial charge < -0.3 is 10.1 Å². The minimum absolute atomic E-state index is 0.547. The molecule has 1 aromatic heterocycles. The fraction of sp³-hybridized carbons (Fsp3) is 0.400. The van der Waals surface area contributed by atoms with Gasteiger partial charge in [-0.2, -0.15) is 5.10 Å². The van der Waals surface area contributed by atoms with Crippen LogP contribution in [0.25, 0.3) is 0 Å². The third kappa shape index (κ3) is 3.78. The van der Waals surface area contributed by atoms with Crippen LogP contribution in [-0.2, 0) is 20.0 Å². The Morgan fingerprint density at radius 1 is 1.24 bits per heavy atom. The first kappa shape index (κ1) is 15.4. The Bertz CT molecular complexity index is 605. The number of hydrogen-bond donors (Lipinski definition) is 1. The van der Waals surface area contributed by atoms with Crippen LogP contribution in [0.4, 0.5) is 8.78 Å². The number of aromatic nitrogens is 2. The predicted octanol–water partition coefficient (Wildman–Crippen LogP) is 2.35. The molecule has 0 atom stereocenters. The summed E-state index contributed by atoms with van der Waals surface area (Å²) in [7, 11) is 3.43. The van der Waals surface area contributed by atoms with E-state index in [1.165, 1.54) is 12.1 Å². The van der Waals surface area contributed by atoms with Crippen molar-refractivity contribution in [2.24, 2.45) is 7.05 Å². The highest BCUT2D eigenvalue weighted by Crippen LogP contribution is 2.20. The van der Waals surface area contributed by atoms with Gasteiger partial charge in [-0.15, -0.1) is 0 Å². The molecule has 0 saturated carbocycles. The van der Waals surface area contributed by atoms with Crippen LogP contribution in [0, 0.1) is 18.6 Å². The van der Waals surface area contributed by atoms with E-state index in [1.54, 1.807) is 11.8 Å². The molecule has 21 heavy (non-hydrogen) atoms. The first-order valence-corrected chi connectivity index (χ1v) is 6.73.